The predicted octanol–water partition coefficient (Wildman–Crippen LogP) is 2.25. The van der Waals surface area contributed by atoms with E-state index in [1.54, 1.807) is 11.8 Å². The Kier molecular flexibility index (Phi) is 3.83. The number of rotatable bonds is 4. The largest absolute Gasteiger partial charge is 0.431 e. The Morgan fingerprint density at radius 2 is 2.06 bits per heavy atom. The smallest absolute Gasteiger partial charge is 0.256 e. The number of morpholine rings is 1. The van der Waals surface area contributed by atoms with Crippen molar-refractivity contribution >= 4 is 22.9 Å². The van der Waals surface area contributed by atoms with E-state index in [2.05, 4.69) is 9.88 Å². The van der Waals surface area contributed by atoms with Crippen LogP contribution in [0.25, 0.3) is 11.1 Å². The molecule has 4 nitrogen and oxygen atoms in total. The molecule has 2 heterocycles. The number of ether oxygens (including phenoxy) is 1. The maximum atomic E-state index is 5.67. The molecule has 1 saturated heterocycles. The van der Waals surface area contributed by atoms with Crippen molar-refractivity contribution < 1.29 is 9.15 Å². The van der Waals surface area contributed by atoms with Crippen molar-refractivity contribution in [3.8, 4) is 0 Å². The first-order valence-corrected chi connectivity index (χ1v) is 7.19. The Balaban J connectivity index is 1.53. The molecule has 18 heavy (non-hydrogen) atoms. The average molecular weight is 264 g/mol. The Hall–Kier alpha value is -1.04. The Morgan fingerprint density at radius 3 is 2.89 bits per heavy atom. The van der Waals surface area contributed by atoms with E-state index < -0.39 is 0 Å². The minimum absolute atomic E-state index is 0.768. The maximum Gasteiger partial charge on any atom is 0.256 e. The van der Waals surface area contributed by atoms with Gasteiger partial charge in [0.05, 0.1) is 13.2 Å². The summed E-state index contributed by atoms with van der Waals surface area (Å²) in [6, 6.07) is 7.88. The first-order valence-electron chi connectivity index (χ1n) is 6.20. The zero-order valence-corrected chi connectivity index (χ0v) is 11.0. The number of oxazole rings is 1. The van der Waals surface area contributed by atoms with Crippen LogP contribution in [0.15, 0.2) is 33.9 Å². The number of nitrogens with zero attached hydrogens (tertiary/aromatic N) is 2. The summed E-state index contributed by atoms with van der Waals surface area (Å²) >= 11 is 1.68. The number of hydrogen-bond acceptors (Lipinski definition) is 5. The van der Waals surface area contributed by atoms with Crippen LogP contribution in [0.1, 0.15) is 0 Å². The molecule has 1 aliphatic rings. The van der Waals surface area contributed by atoms with Gasteiger partial charge in [0, 0.05) is 25.4 Å². The molecular formula is C13H16N2O2S. The minimum atomic E-state index is 0.768. The lowest BCUT2D eigenvalue weighted by Crippen LogP contribution is -2.37. The highest BCUT2D eigenvalue weighted by Crippen LogP contribution is 2.23. The number of hydrogen-bond donors (Lipinski definition) is 0. The summed E-state index contributed by atoms with van der Waals surface area (Å²) in [5.74, 6) is 1.01. The van der Waals surface area contributed by atoms with Crippen LogP contribution < -0.4 is 0 Å². The molecular weight excluding hydrogens is 248 g/mol. The predicted molar refractivity (Wildman–Crippen MR) is 72.0 cm³/mol. The van der Waals surface area contributed by atoms with Crippen molar-refractivity contribution in [3.63, 3.8) is 0 Å². The standard InChI is InChI=1S/C13H16N2O2S/c1-2-4-12-11(3-1)14-13(17-12)18-10-7-15-5-8-16-9-6-15/h1-4H,5-10H2. The zero-order chi connectivity index (χ0) is 12.2. The van der Waals surface area contributed by atoms with Crippen molar-refractivity contribution in [1.82, 2.24) is 9.88 Å². The van der Waals surface area contributed by atoms with Gasteiger partial charge in [-0.05, 0) is 12.1 Å². The molecule has 0 aliphatic carbocycles. The quantitative estimate of drug-likeness (QED) is 0.792. The zero-order valence-electron chi connectivity index (χ0n) is 10.2. The van der Waals surface area contributed by atoms with Gasteiger partial charge in [-0.15, -0.1) is 0 Å². The molecule has 0 amide bonds. The van der Waals surface area contributed by atoms with Crippen LogP contribution in [-0.4, -0.2) is 48.5 Å². The van der Waals surface area contributed by atoms with Crippen LogP contribution in [0.4, 0.5) is 0 Å². The van der Waals surface area contributed by atoms with Crippen molar-refractivity contribution in [1.29, 1.82) is 0 Å². The van der Waals surface area contributed by atoms with Gasteiger partial charge in [-0.2, -0.15) is 0 Å². The third-order valence-electron chi connectivity index (χ3n) is 3.01. The third kappa shape index (κ3) is 2.85. The molecule has 5 heteroatoms. The molecule has 1 aromatic carbocycles. The summed E-state index contributed by atoms with van der Waals surface area (Å²) in [6.45, 7) is 4.84. The second-order valence-electron chi connectivity index (χ2n) is 4.25. The molecule has 1 fully saturated rings. The van der Waals surface area contributed by atoms with Gasteiger partial charge in [-0.1, -0.05) is 23.9 Å². The highest BCUT2D eigenvalue weighted by Gasteiger charge is 2.11. The highest BCUT2D eigenvalue weighted by molar-refractivity contribution is 7.99. The summed E-state index contributed by atoms with van der Waals surface area (Å²) < 4.78 is 11.0. The minimum Gasteiger partial charge on any atom is -0.431 e. The number of benzene rings is 1. The van der Waals surface area contributed by atoms with E-state index in [-0.39, 0.29) is 0 Å². The van der Waals surface area contributed by atoms with Gasteiger partial charge in [0.25, 0.3) is 5.22 Å². The topological polar surface area (TPSA) is 38.5 Å². The number of aromatic nitrogens is 1. The monoisotopic (exact) mass is 264 g/mol. The molecule has 0 N–H and O–H groups in total. The molecule has 0 atom stereocenters. The second-order valence-corrected chi connectivity index (χ2v) is 5.30. The molecule has 0 spiro atoms. The molecule has 1 aliphatic heterocycles. The van der Waals surface area contributed by atoms with E-state index >= 15 is 0 Å². The van der Waals surface area contributed by atoms with Crippen LogP contribution in [0, 0.1) is 0 Å². The summed E-state index contributed by atoms with van der Waals surface area (Å²) in [4.78, 5) is 6.86. The van der Waals surface area contributed by atoms with E-state index in [0.29, 0.717) is 0 Å². The van der Waals surface area contributed by atoms with Crippen LogP contribution in [0.3, 0.4) is 0 Å². The number of fused-ring (bicyclic) bond motifs is 1. The first-order chi connectivity index (χ1) is 8.92. The van der Waals surface area contributed by atoms with Crippen LogP contribution in [0.5, 0.6) is 0 Å². The maximum absolute atomic E-state index is 5.67. The van der Waals surface area contributed by atoms with Crippen LogP contribution in [0.2, 0.25) is 0 Å². The number of thioether (sulfide) groups is 1. The summed E-state index contributed by atoms with van der Waals surface area (Å²) in [5, 5.41) is 0.768. The molecule has 2 aromatic rings. The van der Waals surface area contributed by atoms with E-state index in [0.717, 1.165) is 54.9 Å². The van der Waals surface area contributed by atoms with Gasteiger partial charge in [0.1, 0.15) is 5.52 Å². The summed E-state index contributed by atoms with van der Waals surface area (Å²) in [6.07, 6.45) is 0. The SMILES string of the molecule is c1ccc2oc(SCCN3CCOCC3)nc2c1. The number of para-hydroxylation sites is 2. The van der Waals surface area contributed by atoms with Crippen molar-refractivity contribution in [2.75, 3.05) is 38.6 Å². The van der Waals surface area contributed by atoms with Crippen molar-refractivity contribution in [2.24, 2.45) is 0 Å². The molecule has 1 aromatic heterocycles. The Bertz CT molecular complexity index is 475. The van der Waals surface area contributed by atoms with Gasteiger partial charge in [0.15, 0.2) is 5.58 Å². The highest BCUT2D eigenvalue weighted by atomic mass is 32.2. The van der Waals surface area contributed by atoms with Gasteiger partial charge in [-0.3, -0.25) is 4.90 Å². The average Bonchev–Trinajstić information content (AvgIpc) is 2.82. The fourth-order valence-corrected chi connectivity index (χ4v) is 2.84. The van der Waals surface area contributed by atoms with Gasteiger partial charge < -0.3 is 9.15 Å². The fourth-order valence-electron chi connectivity index (χ4n) is 2.00. The fraction of sp³-hybridized carbons (Fsp3) is 0.462. The van der Waals surface area contributed by atoms with Crippen molar-refractivity contribution in [3.05, 3.63) is 24.3 Å². The normalized spacial score (nSPS) is 17.3. The molecule has 0 radical (unpaired) electrons. The van der Waals surface area contributed by atoms with Gasteiger partial charge in [-0.25, -0.2) is 4.98 Å². The second kappa shape index (κ2) is 5.73. The molecule has 0 bridgehead atoms. The lowest BCUT2D eigenvalue weighted by molar-refractivity contribution is 0.0410. The Labute approximate surface area is 110 Å². The van der Waals surface area contributed by atoms with Gasteiger partial charge in [0.2, 0.25) is 0 Å². The van der Waals surface area contributed by atoms with Gasteiger partial charge >= 0.3 is 0 Å². The lowest BCUT2D eigenvalue weighted by Gasteiger charge is -2.25. The Morgan fingerprint density at radius 1 is 1.22 bits per heavy atom. The van der Waals surface area contributed by atoms with E-state index in [1.807, 2.05) is 24.3 Å². The third-order valence-corrected chi connectivity index (χ3v) is 3.82. The lowest BCUT2D eigenvalue weighted by atomic mass is 10.3. The summed E-state index contributed by atoms with van der Waals surface area (Å²) in [5.41, 5.74) is 1.80. The van der Waals surface area contributed by atoms with E-state index in [9.17, 15) is 0 Å². The van der Waals surface area contributed by atoms with Crippen LogP contribution >= 0.6 is 11.8 Å². The molecule has 0 unspecified atom stereocenters. The first kappa shape index (κ1) is 12.0. The molecule has 0 saturated carbocycles. The van der Waals surface area contributed by atoms with E-state index in [1.165, 1.54) is 0 Å². The molecule has 3 rings (SSSR count). The van der Waals surface area contributed by atoms with Crippen LogP contribution in [-0.2, 0) is 4.74 Å². The summed E-state index contributed by atoms with van der Waals surface area (Å²) in [7, 11) is 0. The van der Waals surface area contributed by atoms with Crippen molar-refractivity contribution in [2.45, 2.75) is 5.22 Å². The molecule has 96 valence electrons. The van der Waals surface area contributed by atoms with E-state index in [4.69, 9.17) is 9.15 Å².